The van der Waals surface area contributed by atoms with Crippen LogP contribution in [0.15, 0.2) is 12.4 Å². The van der Waals surface area contributed by atoms with Gasteiger partial charge in [-0.15, -0.1) is 0 Å². The number of aryl methyl sites for hydroxylation is 1. The monoisotopic (exact) mass is 233 g/mol. The van der Waals surface area contributed by atoms with E-state index in [9.17, 15) is 0 Å². The Bertz CT molecular complexity index is 384. The van der Waals surface area contributed by atoms with Crippen LogP contribution in [0.2, 0.25) is 0 Å². The summed E-state index contributed by atoms with van der Waals surface area (Å²) in [6.45, 7) is 2.09. The van der Waals surface area contributed by atoms with Gasteiger partial charge in [-0.25, -0.2) is 9.97 Å². The number of rotatable bonds is 3. The van der Waals surface area contributed by atoms with Gasteiger partial charge in [0.1, 0.15) is 12.4 Å². The smallest absolute Gasteiger partial charge is 0.216 e. The molecular formula is C13H19N3O. The molecule has 0 radical (unpaired) electrons. The Labute approximate surface area is 102 Å². The Hall–Kier alpha value is -1.16. The van der Waals surface area contributed by atoms with Crippen molar-refractivity contribution in [3.63, 3.8) is 0 Å². The van der Waals surface area contributed by atoms with Gasteiger partial charge < -0.3 is 10.1 Å². The summed E-state index contributed by atoms with van der Waals surface area (Å²) in [7, 11) is 0. The van der Waals surface area contributed by atoms with Gasteiger partial charge in [-0.1, -0.05) is 6.92 Å². The minimum atomic E-state index is 0.327. The third-order valence-electron chi connectivity index (χ3n) is 3.78. The highest BCUT2D eigenvalue weighted by Gasteiger charge is 2.34. The van der Waals surface area contributed by atoms with Crippen LogP contribution in [-0.2, 0) is 6.42 Å². The minimum Gasteiger partial charge on any atom is -0.474 e. The van der Waals surface area contributed by atoms with Crippen LogP contribution in [0.4, 0.5) is 0 Å². The molecule has 0 saturated carbocycles. The van der Waals surface area contributed by atoms with Crippen LogP contribution in [0.25, 0.3) is 0 Å². The second kappa shape index (κ2) is 4.61. The molecule has 2 fully saturated rings. The first-order valence-electron chi connectivity index (χ1n) is 6.57. The van der Waals surface area contributed by atoms with E-state index in [1.165, 1.54) is 12.8 Å². The third-order valence-corrected chi connectivity index (χ3v) is 3.78. The van der Waals surface area contributed by atoms with E-state index in [1.54, 1.807) is 6.33 Å². The van der Waals surface area contributed by atoms with Crippen molar-refractivity contribution in [2.24, 2.45) is 0 Å². The van der Waals surface area contributed by atoms with Gasteiger partial charge in [-0.3, -0.25) is 0 Å². The molecule has 3 rings (SSSR count). The first-order valence-corrected chi connectivity index (χ1v) is 6.57. The van der Waals surface area contributed by atoms with E-state index in [-0.39, 0.29) is 0 Å². The summed E-state index contributed by atoms with van der Waals surface area (Å²) in [6, 6.07) is 3.28. The van der Waals surface area contributed by atoms with Gasteiger partial charge in [-0.2, -0.15) is 0 Å². The topological polar surface area (TPSA) is 47.0 Å². The van der Waals surface area contributed by atoms with Crippen molar-refractivity contribution < 1.29 is 4.74 Å². The number of nitrogens with one attached hydrogen (secondary N) is 1. The molecule has 0 amide bonds. The Morgan fingerprint density at radius 3 is 2.76 bits per heavy atom. The lowest BCUT2D eigenvalue weighted by atomic mass is 10.0. The summed E-state index contributed by atoms with van der Waals surface area (Å²) in [5, 5.41) is 3.62. The molecule has 92 valence electrons. The van der Waals surface area contributed by atoms with Crippen LogP contribution < -0.4 is 10.1 Å². The molecule has 2 saturated heterocycles. The van der Waals surface area contributed by atoms with Crippen LogP contribution in [0.1, 0.15) is 38.3 Å². The zero-order valence-electron chi connectivity index (χ0n) is 10.2. The highest BCUT2D eigenvalue weighted by molar-refractivity contribution is 5.14. The standard InChI is InChI=1S/C13H19N3O/c1-2-9-7-13(15-8-14-9)17-12-5-10-3-4-11(6-12)16-10/h7-8,10-12,16H,2-6H2,1H3. The molecule has 1 aromatic heterocycles. The van der Waals surface area contributed by atoms with Gasteiger partial charge in [0.05, 0.1) is 0 Å². The molecule has 0 aliphatic carbocycles. The molecule has 2 aliphatic rings. The first-order chi connectivity index (χ1) is 8.33. The summed E-state index contributed by atoms with van der Waals surface area (Å²) in [5.41, 5.74) is 1.05. The number of fused-ring (bicyclic) bond motifs is 2. The van der Waals surface area contributed by atoms with Crippen molar-refractivity contribution in [1.29, 1.82) is 0 Å². The third kappa shape index (κ3) is 2.41. The predicted molar refractivity (Wildman–Crippen MR) is 65.0 cm³/mol. The summed E-state index contributed by atoms with van der Waals surface area (Å²) < 4.78 is 5.99. The van der Waals surface area contributed by atoms with Gasteiger partial charge in [-0.05, 0) is 32.1 Å². The Kier molecular flexibility index (Phi) is 2.97. The average Bonchev–Trinajstić information content (AvgIpc) is 2.69. The summed E-state index contributed by atoms with van der Waals surface area (Å²) in [5.74, 6) is 0.739. The SMILES string of the molecule is CCc1cc(OC2CC3CCC(C2)N3)ncn1. The molecule has 2 atom stereocenters. The Morgan fingerprint density at radius 2 is 2.06 bits per heavy atom. The Balaban J connectivity index is 1.66. The number of piperidine rings is 1. The lowest BCUT2D eigenvalue weighted by Gasteiger charge is -2.29. The molecule has 1 aromatic rings. The highest BCUT2D eigenvalue weighted by atomic mass is 16.5. The van der Waals surface area contributed by atoms with E-state index >= 15 is 0 Å². The van der Waals surface area contributed by atoms with Gasteiger partial charge in [0.25, 0.3) is 0 Å². The number of aromatic nitrogens is 2. The van der Waals surface area contributed by atoms with Crippen LogP contribution in [0, 0.1) is 0 Å². The fourth-order valence-corrected chi connectivity index (χ4v) is 2.91. The maximum atomic E-state index is 5.99. The number of hydrogen-bond donors (Lipinski definition) is 1. The Morgan fingerprint density at radius 1 is 1.29 bits per heavy atom. The van der Waals surface area contributed by atoms with E-state index < -0.39 is 0 Å². The van der Waals surface area contributed by atoms with Gasteiger partial charge in [0, 0.05) is 23.8 Å². The largest absolute Gasteiger partial charge is 0.474 e. The molecule has 3 heterocycles. The quantitative estimate of drug-likeness (QED) is 0.863. The highest BCUT2D eigenvalue weighted by Crippen LogP contribution is 2.29. The van der Waals surface area contributed by atoms with Gasteiger partial charge >= 0.3 is 0 Å². The van der Waals surface area contributed by atoms with Crippen molar-refractivity contribution in [3.05, 3.63) is 18.1 Å². The normalized spacial score (nSPS) is 31.5. The fourth-order valence-electron chi connectivity index (χ4n) is 2.91. The van der Waals surface area contributed by atoms with Crippen molar-refractivity contribution in [1.82, 2.24) is 15.3 Å². The van der Waals surface area contributed by atoms with E-state index in [2.05, 4.69) is 22.2 Å². The minimum absolute atomic E-state index is 0.327. The van der Waals surface area contributed by atoms with E-state index in [0.29, 0.717) is 18.2 Å². The number of nitrogens with zero attached hydrogens (tertiary/aromatic N) is 2. The summed E-state index contributed by atoms with van der Waals surface area (Å²) >= 11 is 0. The van der Waals surface area contributed by atoms with Crippen LogP contribution in [-0.4, -0.2) is 28.2 Å². The second-order valence-electron chi connectivity index (χ2n) is 5.05. The maximum Gasteiger partial charge on any atom is 0.216 e. The van der Waals surface area contributed by atoms with Crippen molar-refractivity contribution >= 4 is 0 Å². The number of hydrogen-bond acceptors (Lipinski definition) is 4. The first kappa shape index (κ1) is 11.0. The summed E-state index contributed by atoms with van der Waals surface area (Å²) in [4.78, 5) is 8.39. The lowest BCUT2D eigenvalue weighted by molar-refractivity contribution is 0.131. The molecule has 2 aliphatic heterocycles. The fraction of sp³-hybridized carbons (Fsp3) is 0.692. The molecule has 17 heavy (non-hydrogen) atoms. The molecule has 2 unspecified atom stereocenters. The van der Waals surface area contributed by atoms with Crippen LogP contribution in [0.5, 0.6) is 5.88 Å². The van der Waals surface area contributed by atoms with E-state index in [0.717, 1.165) is 30.8 Å². The molecule has 4 heteroatoms. The summed E-state index contributed by atoms with van der Waals surface area (Å²) in [6.07, 6.45) is 7.68. The molecule has 1 N–H and O–H groups in total. The van der Waals surface area contributed by atoms with Crippen LogP contribution in [0.3, 0.4) is 0 Å². The predicted octanol–water partition coefficient (Wildman–Crippen LogP) is 1.70. The van der Waals surface area contributed by atoms with Crippen molar-refractivity contribution in [2.75, 3.05) is 0 Å². The lowest BCUT2D eigenvalue weighted by Crippen LogP contribution is -2.42. The van der Waals surface area contributed by atoms with Gasteiger partial charge in [0.15, 0.2) is 0 Å². The molecule has 0 spiro atoms. The number of ether oxygens (including phenoxy) is 1. The zero-order chi connectivity index (χ0) is 11.7. The second-order valence-corrected chi connectivity index (χ2v) is 5.05. The van der Waals surface area contributed by atoms with E-state index in [1.807, 2.05) is 6.07 Å². The van der Waals surface area contributed by atoms with Gasteiger partial charge in [0.2, 0.25) is 5.88 Å². The molecule has 2 bridgehead atoms. The zero-order valence-corrected chi connectivity index (χ0v) is 10.2. The molecule has 4 nitrogen and oxygen atoms in total. The maximum absolute atomic E-state index is 5.99. The van der Waals surface area contributed by atoms with Crippen molar-refractivity contribution in [3.8, 4) is 5.88 Å². The van der Waals surface area contributed by atoms with E-state index in [4.69, 9.17) is 4.74 Å². The van der Waals surface area contributed by atoms with Crippen molar-refractivity contribution in [2.45, 2.75) is 57.2 Å². The average molecular weight is 233 g/mol. The molecule has 0 aromatic carbocycles. The molecular weight excluding hydrogens is 214 g/mol. The van der Waals surface area contributed by atoms with Crippen LogP contribution >= 0.6 is 0 Å².